The molecule has 0 unspecified atom stereocenters. The number of aliphatic hydroxyl groups excluding tert-OH is 1. The molecule has 0 saturated heterocycles. The van der Waals surface area contributed by atoms with E-state index in [0.717, 1.165) is 5.56 Å². The largest absolute Gasteiger partial charge is 0.460 e. The molecule has 1 N–H and O–H groups in total. The molecule has 9 aromatic rings. The summed E-state index contributed by atoms with van der Waals surface area (Å²) in [6.45, 7) is 13.6. The highest BCUT2D eigenvalue weighted by Crippen LogP contribution is 2.51. The van der Waals surface area contributed by atoms with Crippen LogP contribution >= 0.6 is 21.4 Å². The summed E-state index contributed by atoms with van der Waals surface area (Å²) in [6.07, 6.45) is 0. The molecule has 18 heteroatoms. The van der Waals surface area contributed by atoms with E-state index >= 15 is 13.7 Å². The molecule has 0 fully saturated rings. The van der Waals surface area contributed by atoms with Crippen LogP contribution in [0.25, 0.3) is 0 Å². The summed E-state index contributed by atoms with van der Waals surface area (Å²) in [7, 11) is -11.8. The summed E-state index contributed by atoms with van der Waals surface area (Å²) in [6, 6.07) is 57.2. The molecule has 0 atom stereocenters. The van der Waals surface area contributed by atoms with Crippen LogP contribution in [0.4, 0.5) is 0 Å². The van der Waals surface area contributed by atoms with Gasteiger partial charge >= 0.3 is 17.9 Å². The van der Waals surface area contributed by atoms with Gasteiger partial charge in [0.1, 0.15) is 19.8 Å². The van der Waals surface area contributed by atoms with Crippen molar-refractivity contribution in [1.82, 2.24) is 9.80 Å². The third-order valence-corrected chi connectivity index (χ3v) is 26.5. The summed E-state index contributed by atoms with van der Waals surface area (Å²) < 4.78 is 63.9. The van der Waals surface area contributed by atoms with Crippen molar-refractivity contribution in [1.29, 1.82) is 0 Å². The van der Waals surface area contributed by atoms with Crippen molar-refractivity contribution in [2.24, 2.45) is 0 Å². The molecule has 9 aromatic carbocycles. The van der Waals surface area contributed by atoms with Gasteiger partial charge in [0.15, 0.2) is 0 Å². The third kappa shape index (κ3) is 15.7. The van der Waals surface area contributed by atoms with Gasteiger partial charge in [0, 0.05) is 68.2 Å². The average molecular weight is 1360 g/mol. The first-order valence-electron chi connectivity index (χ1n) is 32.0. The molecule has 0 aliphatic heterocycles. The molecule has 500 valence electrons. The van der Waals surface area contributed by atoms with E-state index < -0.39 is 69.0 Å². The van der Waals surface area contributed by atoms with Crippen LogP contribution in [0.3, 0.4) is 0 Å². The molecule has 0 radical (unpaired) electrons. The number of aryl methyl sites for hydroxylation is 6. The van der Waals surface area contributed by atoms with Crippen LogP contribution < -0.4 is 31.8 Å². The van der Waals surface area contributed by atoms with Gasteiger partial charge in [-0.1, -0.05) is 200 Å². The van der Waals surface area contributed by atoms with Crippen molar-refractivity contribution < 1.29 is 61.8 Å². The fourth-order valence-electron chi connectivity index (χ4n) is 12.8. The van der Waals surface area contributed by atoms with E-state index in [9.17, 15) is 33.9 Å². The Balaban J connectivity index is 0.956. The summed E-state index contributed by atoms with van der Waals surface area (Å²) >= 11 is 0. The molecule has 0 saturated carbocycles. The van der Waals surface area contributed by atoms with E-state index in [4.69, 9.17) is 14.2 Å². The van der Waals surface area contributed by atoms with Gasteiger partial charge in [-0.05, 0) is 129 Å². The Kier molecular flexibility index (Phi) is 23.8. The van der Waals surface area contributed by atoms with Crippen LogP contribution in [0.15, 0.2) is 200 Å². The van der Waals surface area contributed by atoms with Gasteiger partial charge in [-0.25, -0.2) is 0 Å². The fourth-order valence-corrected chi connectivity index (χ4v) is 20.7. The standard InChI is InChI=1S/C79H81N2O13P3/c1-53-44-56(4)74(77(86)95(89,62-28-16-10-17-29-62)63-30-18-11-19-31-63)59(7)68(53)50-92-71(83)47-80(42-43-82)40-41-81(48-72(84)93-51-69-54(2)45-57(5)75(60(69)8)78(87)96(90,64-32-20-12-21-33-64)65-34-22-13-23-35-65)49-73(85)94-52-70-55(3)46-58(6)76(61(70)9)79(88)97(91,66-36-24-14-25-37-66)67-38-26-15-27-39-67/h10-39,44-46,82H,40-43,47-52H2,1-9H3. The minimum atomic E-state index is -3.94. The maximum atomic E-state index is 15.4. The van der Waals surface area contributed by atoms with Gasteiger partial charge < -0.3 is 33.0 Å². The van der Waals surface area contributed by atoms with Crippen molar-refractivity contribution in [2.45, 2.75) is 82.1 Å². The molecule has 0 amide bonds. The first kappa shape index (κ1) is 72.2. The number of hydrogen-bond acceptors (Lipinski definition) is 15. The first-order chi connectivity index (χ1) is 46.4. The summed E-state index contributed by atoms with van der Waals surface area (Å²) in [5.41, 5.74) is 6.16. The van der Waals surface area contributed by atoms with E-state index in [-0.39, 0.29) is 69.3 Å². The maximum Gasteiger partial charge on any atom is 0.320 e. The Morgan fingerprint density at radius 2 is 0.536 bits per heavy atom. The number of carbonyl (C=O) groups is 6. The van der Waals surface area contributed by atoms with Crippen molar-refractivity contribution >= 4 is 87.7 Å². The molecule has 0 aromatic heterocycles. The SMILES string of the molecule is Cc1cc(C)c(C(=O)P(=O)(c2ccccc2)c2ccccc2)c(C)c1COC(=O)CN(CCO)CCN(CC(=O)OCc1c(C)cc(C)c(C(=O)P(=O)(c2ccccc2)c2ccccc2)c1C)CC(=O)OCc1c(C)cc(C)c(C(=O)P(=O)(c2ccccc2)c2ccccc2)c1C. The predicted molar refractivity (Wildman–Crippen MR) is 384 cm³/mol. The topological polar surface area (TPSA) is 208 Å². The lowest BCUT2D eigenvalue weighted by molar-refractivity contribution is -0.151. The molecular formula is C79H81N2O13P3. The maximum absolute atomic E-state index is 15.4. The van der Waals surface area contributed by atoms with Crippen molar-refractivity contribution in [3.8, 4) is 0 Å². The predicted octanol–water partition coefficient (Wildman–Crippen LogP) is 12.1. The molecule has 15 nitrogen and oxygen atoms in total. The van der Waals surface area contributed by atoms with E-state index in [2.05, 4.69) is 0 Å². The Morgan fingerprint density at radius 1 is 0.320 bits per heavy atom. The molecule has 0 bridgehead atoms. The molecule has 0 aliphatic carbocycles. The Labute approximate surface area is 568 Å². The molecule has 0 aliphatic rings. The van der Waals surface area contributed by atoms with E-state index in [1.807, 2.05) is 26.8 Å². The molecule has 97 heavy (non-hydrogen) atoms. The zero-order chi connectivity index (χ0) is 69.8. The van der Waals surface area contributed by atoms with Gasteiger partial charge in [-0.15, -0.1) is 0 Å². The normalized spacial score (nSPS) is 11.8. The van der Waals surface area contributed by atoms with Gasteiger partial charge in [-0.2, -0.15) is 0 Å². The van der Waals surface area contributed by atoms with Crippen LogP contribution in [0.2, 0.25) is 0 Å². The number of hydrogen-bond donors (Lipinski definition) is 1. The number of nitrogens with zero attached hydrogens (tertiary/aromatic N) is 2. The zero-order valence-corrected chi connectivity index (χ0v) is 58.9. The Bertz CT molecular complexity index is 4230. The van der Waals surface area contributed by atoms with Crippen LogP contribution in [-0.2, 0) is 62.1 Å². The van der Waals surface area contributed by atoms with Crippen LogP contribution in [0, 0.1) is 62.3 Å². The monoisotopic (exact) mass is 1360 g/mol. The Hall–Kier alpha value is -9.03. The summed E-state index contributed by atoms with van der Waals surface area (Å²) in [4.78, 5) is 90.4. The van der Waals surface area contributed by atoms with Gasteiger partial charge in [0.2, 0.25) is 38.0 Å². The van der Waals surface area contributed by atoms with Gasteiger partial charge in [-0.3, -0.25) is 38.6 Å². The number of ether oxygens (including phenoxy) is 3. The van der Waals surface area contributed by atoms with Crippen molar-refractivity contribution in [3.05, 3.63) is 284 Å². The third-order valence-electron chi connectivity index (χ3n) is 18.0. The minimum absolute atomic E-state index is 0.0147. The van der Waals surface area contributed by atoms with Gasteiger partial charge in [0.25, 0.3) is 0 Å². The number of rotatable bonds is 29. The molecule has 9 rings (SSSR count). The number of esters is 3. The molecule has 0 heterocycles. The number of benzene rings is 9. The number of carbonyl (C=O) groups excluding carboxylic acids is 6. The fraction of sp³-hybridized carbons (Fsp3) is 0.241. The second-order valence-corrected chi connectivity index (χ2v) is 32.4. The lowest BCUT2D eigenvalue weighted by atomic mass is 9.94. The van der Waals surface area contributed by atoms with E-state index in [0.29, 0.717) is 93.0 Å². The second kappa shape index (κ2) is 31.9. The average Bonchev–Trinajstić information content (AvgIpc) is 0.765. The number of aliphatic hydroxyl groups is 1. The molecule has 0 spiro atoms. The minimum Gasteiger partial charge on any atom is -0.460 e. The zero-order valence-electron chi connectivity index (χ0n) is 56.2. The van der Waals surface area contributed by atoms with Crippen LogP contribution in [0.5, 0.6) is 0 Å². The Morgan fingerprint density at radius 3 is 0.763 bits per heavy atom. The highest BCUT2D eigenvalue weighted by Gasteiger charge is 2.42. The lowest BCUT2D eigenvalue weighted by Crippen LogP contribution is -2.43. The summed E-state index contributed by atoms with van der Waals surface area (Å²) in [5.74, 6) is -2.19. The molecular weight excluding hydrogens is 1280 g/mol. The highest BCUT2D eigenvalue weighted by molar-refractivity contribution is 7.94. The highest BCUT2D eigenvalue weighted by atomic mass is 31.2. The smallest absolute Gasteiger partial charge is 0.320 e. The quantitative estimate of drug-likeness (QED) is 0.0263. The first-order valence-corrected chi connectivity index (χ1v) is 37.2. The van der Waals surface area contributed by atoms with Crippen molar-refractivity contribution in [3.63, 3.8) is 0 Å². The van der Waals surface area contributed by atoms with E-state index in [1.165, 1.54) is 4.90 Å². The van der Waals surface area contributed by atoms with Crippen molar-refractivity contribution in [2.75, 3.05) is 45.9 Å². The van der Waals surface area contributed by atoms with E-state index in [1.54, 1.807) is 241 Å². The summed E-state index contributed by atoms with van der Waals surface area (Å²) in [5, 5.41) is 12.6. The van der Waals surface area contributed by atoms with Crippen LogP contribution in [0.1, 0.15) is 97.8 Å². The van der Waals surface area contributed by atoms with Gasteiger partial charge in [0.05, 0.1) is 26.2 Å². The van der Waals surface area contributed by atoms with Crippen LogP contribution in [-0.4, -0.2) is 95.3 Å². The second-order valence-electron chi connectivity index (χ2n) is 24.4. The lowest BCUT2D eigenvalue weighted by Gasteiger charge is -2.26.